The van der Waals surface area contributed by atoms with E-state index in [4.69, 9.17) is 21.3 Å². The Kier molecular flexibility index (Phi) is 4.43. The van der Waals surface area contributed by atoms with Gasteiger partial charge in [0.25, 0.3) is 0 Å². The lowest BCUT2D eigenvalue weighted by Crippen LogP contribution is -2.15. The molecule has 122 valence electrons. The highest BCUT2D eigenvalue weighted by molar-refractivity contribution is 7.89. The first-order valence-electron chi connectivity index (χ1n) is 6.23. The number of nitrogens with two attached hydrogens (primary N) is 3. The van der Waals surface area contributed by atoms with Crippen molar-refractivity contribution in [3.63, 3.8) is 0 Å². The second-order valence-electron chi connectivity index (χ2n) is 4.57. The minimum Gasteiger partial charge on any atom is -0.454 e. The lowest BCUT2D eigenvalue weighted by atomic mass is 10.1. The molecule has 0 amide bonds. The van der Waals surface area contributed by atoms with Crippen molar-refractivity contribution in [2.75, 3.05) is 11.5 Å². The van der Waals surface area contributed by atoms with Gasteiger partial charge in [-0.1, -0.05) is 6.07 Å². The molecule has 0 aliphatic rings. The Hall–Kier alpha value is -2.79. The summed E-state index contributed by atoms with van der Waals surface area (Å²) in [7, 11) is -3.94. The fourth-order valence-electron chi connectivity index (χ4n) is 1.77. The number of rotatable bonds is 4. The van der Waals surface area contributed by atoms with Gasteiger partial charge in [-0.2, -0.15) is 15.0 Å². The summed E-state index contributed by atoms with van der Waals surface area (Å²) in [6.07, 6.45) is 0. The summed E-state index contributed by atoms with van der Waals surface area (Å²) >= 11 is 0. The molecule has 0 atom stereocenters. The smallest absolute Gasteiger partial charge is 0.338 e. The molecule has 0 aliphatic carbocycles. The number of esters is 1. The highest BCUT2D eigenvalue weighted by Gasteiger charge is 2.16. The van der Waals surface area contributed by atoms with Gasteiger partial charge >= 0.3 is 5.97 Å². The Morgan fingerprint density at radius 1 is 1.17 bits per heavy atom. The second-order valence-corrected chi connectivity index (χ2v) is 6.10. The molecule has 0 unspecified atom stereocenters. The summed E-state index contributed by atoms with van der Waals surface area (Å²) in [6.45, 7) is 1.26. The van der Waals surface area contributed by atoms with Gasteiger partial charge in [-0.25, -0.2) is 18.4 Å². The maximum absolute atomic E-state index is 12.0. The van der Waals surface area contributed by atoms with E-state index >= 15 is 0 Å². The molecule has 23 heavy (non-hydrogen) atoms. The van der Waals surface area contributed by atoms with Crippen LogP contribution in [-0.4, -0.2) is 29.3 Å². The molecule has 0 saturated carbocycles. The van der Waals surface area contributed by atoms with Crippen LogP contribution in [0.5, 0.6) is 0 Å². The Labute approximate surface area is 131 Å². The van der Waals surface area contributed by atoms with Crippen molar-refractivity contribution < 1.29 is 17.9 Å². The van der Waals surface area contributed by atoms with Crippen LogP contribution in [0.4, 0.5) is 11.9 Å². The van der Waals surface area contributed by atoms with Crippen molar-refractivity contribution >= 4 is 27.9 Å². The van der Waals surface area contributed by atoms with Crippen LogP contribution in [0.1, 0.15) is 21.7 Å². The number of carbonyl (C=O) groups excluding carboxylic acids is 1. The number of aromatic nitrogens is 3. The normalized spacial score (nSPS) is 11.2. The summed E-state index contributed by atoms with van der Waals surface area (Å²) in [4.78, 5) is 22.9. The Balaban J connectivity index is 2.18. The predicted molar refractivity (Wildman–Crippen MR) is 80.3 cm³/mol. The molecule has 10 nitrogen and oxygen atoms in total. The van der Waals surface area contributed by atoms with Crippen molar-refractivity contribution in [3.05, 3.63) is 35.2 Å². The van der Waals surface area contributed by atoms with Gasteiger partial charge < -0.3 is 16.2 Å². The number of aryl methyl sites for hydroxylation is 1. The van der Waals surface area contributed by atoms with E-state index in [2.05, 4.69) is 15.0 Å². The van der Waals surface area contributed by atoms with Crippen LogP contribution >= 0.6 is 0 Å². The molecule has 0 saturated heterocycles. The summed E-state index contributed by atoms with van der Waals surface area (Å²) in [5, 5.41) is 5.09. The zero-order chi connectivity index (χ0) is 17.2. The molecule has 0 fully saturated rings. The summed E-state index contributed by atoms with van der Waals surface area (Å²) in [5.41, 5.74) is 11.2. The van der Waals surface area contributed by atoms with Gasteiger partial charge in [0.1, 0.15) is 0 Å². The van der Waals surface area contributed by atoms with Gasteiger partial charge in [0.05, 0.1) is 10.5 Å². The number of ether oxygens (including phenoxy) is 1. The molecule has 11 heteroatoms. The third kappa shape index (κ3) is 4.11. The first-order valence-corrected chi connectivity index (χ1v) is 7.78. The van der Waals surface area contributed by atoms with Gasteiger partial charge in [-0.15, -0.1) is 0 Å². The summed E-state index contributed by atoms with van der Waals surface area (Å²) in [6, 6.07) is 4.01. The van der Waals surface area contributed by atoms with E-state index in [1.165, 1.54) is 12.1 Å². The number of anilines is 2. The largest absolute Gasteiger partial charge is 0.454 e. The molecular weight excluding hydrogens is 324 g/mol. The van der Waals surface area contributed by atoms with E-state index in [1.54, 1.807) is 6.92 Å². The van der Waals surface area contributed by atoms with Crippen LogP contribution in [0.15, 0.2) is 23.1 Å². The van der Waals surface area contributed by atoms with Gasteiger partial charge in [-0.3, -0.25) is 0 Å². The van der Waals surface area contributed by atoms with Crippen molar-refractivity contribution in [2.24, 2.45) is 5.14 Å². The maximum Gasteiger partial charge on any atom is 0.338 e. The van der Waals surface area contributed by atoms with Crippen LogP contribution < -0.4 is 16.6 Å². The van der Waals surface area contributed by atoms with Crippen molar-refractivity contribution in [2.45, 2.75) is 18.4 Å². The fraction of sp³-hybridized carbons (Fsp3) is 0.167. The van der Waals surface area contributed by atoms with Crippen LogP contribution in [0.25, 0.3) is 0 Å². The Morgan fingerprint density at radius 3 is 2.35 bits per heavy atom. The minimum atomic E-state index is -3.94. The van der Waals surface area contributed by atoms with Crippen LogP contribution in [-0.2, 0) is 21.4 Å². The SMILES string of the molecule is Cc1ccc(C(=O)OCc2nc(N)nc(N)n2)cc1S(N)(=O)=O. The minimum absolute atomic E-state index is 0.0228. The Morgan fingerprint density at radius 2 is 1.78 bits per heavy atom. The zero-order valence-corrected chi connectivity index (χ0v) is 12.9. The fourth-order valence-corrected chi connectivity index (χ4v) is 2.58. The number of hydrogen-bond acceptors (Lipinski definition) is 9. The lowest BCUT2D eigenvalue weighted by molar-refractivity contribution is 0.0462. The lowest BCUT2D eigenvalue weighted by Gasteiger charge is -2.08. The monoisotopic (exact) mass is 338 g/mol. The molecular formula is C12H14N6O4S. The molecule has 1 heterocycles. The first-order chi connectivity index (χ1) is 10.7. The van der Waals surface area contributed by atoms with Crippen LogP contribution in [0, 0.1) is 6.92 Å². The molecule has 0 aliphatic heterocycles. The van der Waals surface area contributed by atoms with Gasteiger partial charge in [0.2, 0.25) is 21.9 Å². The van der Waals surface area contributed by atoms with Gasteiger partial charge in [-0.05, 0) is 24.6 Å². The van der Waals surface area contributed by atoms with Gasteiger partial charge in [0.15, 0.2) is 12.4 Å². The molecule has 2 rings (SSSR count). The van der Waals surface area contributed by atoms with Crippen LogP contribution in [0.3, 0.4) is 0 Å². The van der Waals surface area contributed by atoms with Crippen molar-refractivity contribution in [1.29, 1.82) is 0 Å². The standard InChI is InChI=1S/C12H14N6O4S/c1-6-2-3-7(4-8(6)23(15,20)21)10(19)22-5-9-16-11(13)18-12(14)17-9/h2-4H,5H2,1H3,(H2,15,20,21)(H4,13,14,16,17,18). The quantitative estimate of drug-likeness (QED) is 0.611. The number of benzene rings is 1. The van der Waals surface area contributed by atoms with E-state index in [-0.39, 0.29) is 34.8 Å². The highest BCUT2D eigenvalue weighted by atomic mass is 32.2. The van der Waals surface area contributed by atoms with Crippen LogP contribution in [0.2, 0.25) is 0 Å². The molecule has 0 spiro atoms. The van der Waals surface area contributed by atoms with E-state index < -0.39 is 16.0 Å². The number of nitrogens with zero attached hydrogens (tertiary/aromatic N) is 3. The first kappa shape index (κ1) is 16.6. The van der Waals surface area contributed by atoms with E-state index in [0.29, 0.717) is 5.56 Å². The molecule has 1 aromatic heterocycles. The average molecular weight is 338 g/mol. The number of sulfonamides is 1. The zero-order valence-electron chi connectivity index (χ0n) is 12.1. The number of carbonyl (C=O) groups is 1. The second kappa shape index (κ2) is 6.14. The van der Waals surface area contributed by atoms with Crippen molar-refractivity contribution in [1.82, 2.24) is 15.0 Å². The molecule has 0 radical (unpaired) electrons. The third-order valence-electron chi connectivity index (χ3n) is 2.78. The van der Waals surface area contributed by atoms with E-state index in [1.807, 2.05) is 0 Å². The molecule has 1 aromatic carbocycles. The predicted octanol–water partition coefficient (Wildman–Crippen LogP) is -0.651. The molecule has 2 aromatic rings. The molecule has 0 bridgehead atoms. The molecule has 6 N–H and O–H groups in total. The van der Waals surface area contributed by atoms with E-state index in [9.17, 15) is 13.2 Å². The van der Waals surface area contributed by atoms with Gasteiger partial charge in [0, 0.05) is 0 Å². The number of hydrogen-bond donors (Lipinski definition) is 3. The summed E-state index contributed by atoms with van der Waals surface area (Å²) in [5.74, 6) is -0.902. The van der Waals surface area contributed by atoms with Crippen molar-refractivity contribution in [3.8, 4) is 0 Å². The average Bonchev–Trinajstić information content (AvgIpc) is 2.43. The third-order valence-corrected chi connectivity index (χ3v) is 3.83. The Bertz CT molecular complexity index is 848. The topological polar surface area (TPSA) is 177 Å². The number of nitrogen functional groups attached to an aromatic ring is 2. The van der Waals surface area contributed by atoms with E-state index in [0.717, 1.165) is 6.07 Å². The highest BCUT2D eigenvalue weighted by Crippen LogP contribution is 2.16. The summed E-state index contributed by atoms with van der Waals surface area (Å²) < 4.78 is 27.9. The maximum atomic E-state index is 12.0. The number of primary sulfonamides is 1.